The molecule has 0 saturated carbocycles. The smallest absolute Gasteiger partial charge is 0.224 e. The number of benzene rings is 2. The lowest BCUT2D eigenvalue weighted by molar-refractivity contribution is -0.117. The molecule has 0 aromatic heterocycles. The fraction of sp³-hybridized carbons (Fsp3) is 0.278. The number of hydrogen-bond donors (Lipinski definition) is 1. The number of anilines is 2. The van der Waals surface area contributed by atoms with Gasteiger partial charge < -0.3 is 15.4 Å². The Kier molecular flexibility index (Phi) is 4.69. The molecule has 2 aromatic carbocycles. The van der Waals surface area contributed by atoms with Crippen LogP contribution in [0.4, 0.5) is 20.2 Å². The second kappa shape index (κ2) is 6.63. The average molecular weight is 411 g/mol. The minimum atomic E-state index is -1.04. The molecule has 1 aliphatic heterocycles. The number of nitrogens with two attached hydrogens (primary N) is 1. The van der Waals surface area contributed by atoms with Crippen molar-refractivity contribution < 1.29 is 18.3 Å². The molecule has 1 amide bonds. The van der Waals surface area contributed by atoms with Crippen LogP contribution in [0.2, 0.25) is 0 Å². The highest BCUT2D eigenvalue weighted by Crippen LogP contribution is 2.44. The summed E-state index contributed by atoms with van der Waals surface area (Å²) in [7, 11) is 0. The van der Waals surface area contributed by atoms with Gasteiger partial charge in [0.15, 0.2) is 17.4 Å². The molecule has 0 bridgehead atoms. The van der Waals surface area contributed by atoms with Crippen LogP contribution in [0.15, 0.2) is 28.7 Å². The molecule has 4 nitrogen and oxygen atoms in total. The molecule has 1 heterocycles. The third-order valence-corrected chi connectivity index (χ3v) is 4.93. The van der Waals surface area contributed by atoms with E-state index in [1.807, 2.05) is 13.0 Å². The highest BCUT2D eigenvalue weighted by molar-refractivity contribution is 9.10. The SMILES string of the molecule is CC(=O)N1c2ccc(Br)c(Oc3cc(F)c(F)cc3N)c2CCC1C. The molecular formula is C18H17BrF2N2O2. The molecule has 0 aliphatic carbocycles. The van der Waals surface area contributed by atoms with Crippen LogP contribution in [0.25, 0.3) is 0 Å². The van der Waals surface area contributed by atoms with Gasteiger partial charge in [0.05, 0.1) is 15.8 Å². The minimum Gasteiger partial charge on any atom is -0.454 e. The second-order valence-electron chi connectivity index (χ2n) is 6.06. The van der Waals surface area contributed by atoms with Gasteiger partial charge in [0.25, 0.3) is 0 Å². The molecule has 7 heteroatoms. The van der Waals surface area contributed by atoms with E-state index in [0.29, 0.717) is 16.6 Å². The molecular weight excluding hydrogens is 394 g/mol. The molecule has 1 unspecified atom stereocenters. The average Bonchev–Trinajstić information content (AvgIpc) is 2.54. The van der Waals surface area contributed by atoms with Gasteiger partial charge >= 0.3 is 0 Å². The largest absolute Gasteiger partial charge is 0.454 e. The fourth-order valence-electron chi connectivity index (χ4n) is 3.11. The van der Waals surface area contributed by atoms with E-state index < -0.39 is 11.6 Å². The standard InChI is InChI=1S/C18H17BrF2N2O2/c1-9-3-4-11-16(23(9)10(2)24)6-5-12(19)18(11)25-17-8-14(21)13(20)7-15(17)22/h5-9H,3-4,22H2,1-2H3. The van der Waals surface area contributed by atoms with Crippen molar-refractivity contribution in [2.75, 3.05) is 10.6 Å². The summed E-state index contributed by atoms with van der Waals surface area (Å²) in [4.78, 5) is 13.7. The molecule has 2 N–H and O–H groups in total. The molecule has 25 heavy (non-hydrogen) atoms. The fourth-order valence-corrected chi connectivity index (χ4v) is 3.56. The number of nitrogens with zero attached hydrogens (tertiary/aromatic N) is 1. The Hall–Kier alpha value is -2.15. The summed E-state index contributed by atoms with van der Waals surface area (Å²) >= 11 is 3.43. The monoisotopic (exact) mass is 410 g/mol. The number of halogens is 3. The summed E-state index contributed by atoms with van der Waals surface area (Å²) in [5.74, 6) is -1.65. The van der Waals surface area contributed by atoms with Crippen LogP contribution in [-0.4, -0.2) is 11.9 Å². The molecule has 1 atom stereocenters. The Morgan fingerprint density at radius 3 is 2.68 bits per heavy atom. The van der Waals surface area contributed by atoms with Crippen LogP contribution in [0.1, 0.15) is 25.8 Å². The van der Waals surface area contributed by atoms with Crippen LogP contribution in [0.5, 0.6) is 11.5 Å². The first-order valence-electron chi connectivity index (χ1n) is 7.83. The summed E-state index contributed by atoms with van der Waals surface area (Å²) in [6.07, 6.45) is 1.46. The Bertz CT molecular complexity index is 857. The molecule has 0 saturated heterocycles. The Labute approximate surface area is 152 Å². The third-order valence-electron chi connectivity index (χ3n) is 4.30. The number of rotatable bonds is 2. The predicted molar refractivity (Wildman–Crippen MR) is 95.9 cm³/mol. The number of carbonyl (C=O) groups excluding carboxylic acids is 1. The van der Waals surface area contributed by atoms with Gasteiger partial charge in [0.1, 0.15) is 5.75 Å². The van der Waals surface area contributed by atoms with Gasteiger partial charge in [-0.2, -0.15) is 0 Å². The van der Waals surface area contributed by atoms with Crippen molar-refractivity contribution in [1.29, 1.82) is 0 Å². The van der Waals surface area contributed by atoms with Gasteiger partial charge in [-0.3, -0.25) is 4.79 Å². The molecule has 2 aromatic rings. The van der Waals surface area contributed by atoms with E-state index in [0.717, 1.165) is 29.8 Å². The summed E-state index contributed by atoms with van der Waals surface area (Å²) in [5, 5.41) is 0. The van der Waals surface area contributed by atoms with E-state index in [2.05, 4.69) is 15.9 Å². The number of fused-ring (bicyclic) bond motifs is 1. The van der Waals surface area contributed by atoms with Gasteiger partial charge in [-0.05, 0) is 47.8 Å². The molecule has 0 fully saturated rings. The maximum atomic E-state index is 13.5. The van der Waals surface area contributed by atoms with E-state index in [1.165, 1.54) is 6.92 Å². The Morgan fingerprint density at radius 1 is 1.32 bits per heavy atom. The first-order valence-corrected chi connectivity index (χ1v) is 8.62. The van der Waals surface area contributed by atoms with Crippen LogP contribution in [0.3, 0.4) is 0 Å². The van der Waals surface area contributed by atoms with Crippen LogP contribution >= 0.6 is 15.9 Å². The molecule has 1 aliphatic rings. The summed E-state index contributed by atoms with van der Waals surface area (Å²) in [6.45, 7) is 3.50. The highest BCUT2D eigenvalue weighted by atomic mass is 79.9. The first-order chi connectivity index (χ1) is 11.8. The van der Waals surface area contributed by atoms with Gasteiger partial charge in [-0.15, -0.1) is 0 Å². The number of carbonyl (C=O) groups is 1. The van der Waals surface area contributed by atoms with Crippen molar-refractivity contribution in [3.63, 3.8) is 0 Å². The van der Waals surface area contributed by atoms with Crippen molar-refractivity contribution in [1.82, 2.24) is 0 Å². The lowest BCUT2D eigenvalue weighted by atomic mass is 9.95. The van der Waals surface area contributed by atoms with Gasteiger partial charge in [-0.1, -0.05) is 0 Å². The van der Waals surface area contributed by atoms with E-state index in [9.17, 15) is 13.6 Å². The van der Waals surface area contributed by atoms with Crippen molar-refractivity contribution in [2.24, 2.45) is 0 Å². The summed E-state index contributed by atoms with van der Waals surface area (Å²) in [6, 6.07) is 5.49. The second-order valence-corrected chi connectivity index (χ2v) is 6.91. The van der Waals surface area contributed by atoms with Gasteiger partial charge in [0, 0.05) is 30.7 Å². The maximum Gasteiger partial charge on any atom is 0.224 e. The third kappa shape index (κ3) is 3.20. The summed E-state index contributed by atoms with van der Waals surface area (Å²) in [5.41, 5.74) is 7.33. The first kappa shape index (κ1) is 17.7. The molecule has 132 valence electrons. The zero-order chi connectivity index (χ0) is 18.3. The van der Waals surface area contributed by atoms with E-state index in [-0.39, 0.29) is 23.4 Å². The number of nitrogen functional groups attached to an aromatic ring is 1. The maximum absolute atomic E-state index is 13.5. The zero-order valence-corrected chi connectivity index (χ0v) is 15.4. The summed E-state index contributed by atoms with van der Waals surface area (Å²) < 4.78 is 33.3. The van der Waals surface area contributed by atoms with E-state index in [4.69, 9.17) is 10.5 Å². The topological polar surface area (TPSA) is 55.6 Å². The lowest BCUT2D eigenvalue weighted by Crippen LogP contribution is -2.40. The van der Waals surface area contributed by atoms with Crippen molar-refractivity contribution in [3.8, 4) is 11.5 Å². The predicted octanol–water partition coefficient (Wildman–Crippen LogP) is 4.79. The van der Waals surface area contributed by atoms with Crippen molar-refractivity contribution in [3.05, 3.63) is 45.9 Å². The van der Waals surface area contributed by atoms with Crippen LogP contribution in [0, 0.1) is 11.6 Å². The molecule has 0 radical (unpaired) electrons. The molecule has 3 rings (SSSR count). The minimum absolute atomic E-state index is 0.00370. The van der Waals surface area contributed by atoms with Crippen molar-refractivity contribution >= 4 is 33.2 Å². The molecule has 0 spiro atoms. The quantitative estimate of drug-likeness (QED) is 0.724. The van der Waals surface area contributed by atoms with Crippen LogP contribution < -0.4 is 15.4 Å². The Balaban J connectivity index is 2.09. The zero-order valence-electron chi connectivity index (χ0n) is 13.8. The number of hydrogen-bond acceptors (Lipinski definition) is 3. The lowest BCUT2D eigenvalue weighted by Gasteiger charge is -2.35. The number of ether oxygens (including phenoxy) is 1. The highest BCUT2D eigenvalue weighted by Gasteiger charge is 2.29. The Morgan fingerprint density at radius 2 is 2.00 bits per heavy atom. The number of amides is 1. The van der Waals surface area contributed by atoms with E-state index in [1.54, 1.807) is 11.0 Å². The van der Waals surface area contributed by atoms with Crippen LogP contribution in [-0.2, 0) is 11.2 Å². The normalized spacial score (nSPS) is 16.5. The van der Waals surface area contributed by atoms with Gasteiger partial charge in [-0.25, -0.2) is 8.78 Å². The van der Waals surface area contributed by atoms with Gasteiger partial charge in [0.2, 0.25) is 5.91 Å². The van der Waals surface area contributed by atoms with E-state index >= 15 is 0 Å². The van der Waals surface area contributed by atoms with Crippen molar-refractivity contribution in [2.45, 2.75) is 32.7 Å².